The van der Waals surface area contributed by atoms with Crippen LogP contribution in [0, 0.1) is 10.8 Å². The number of halogens is 3. The molecule has 4 aliphatic heterocycles. The number of carbonyl (C=O) groups is 4. The number of Topliss-reactive ketones (excluding diaryl/α,β-unsaturated/α-hetero) is 2. The number of benzene rings is 2. The van der Waals surface area contributed by atoms with Crippen LogP contribution in [0.1, 0.15) is 79.3 Å². The van der Waals surface area contributed by atoms with Crippen molar-refractivity contribution in [3.63, 3.8) is 0 Å². The van der Waals surface area contributed by atoms with Gasteiger partial charge in [-0.1, -0.05) is 105 Å². The molecule has 0 saturated carbocycles. The molecule has 4 amide bonds. The molecule has 1 N–H and O–H groups in total. The van der Waals surface area contributed by atoms with E-state index in [0.717, 1.165) is 59.8 Å². The van der Waals surface area contributed by atoms with Crippen LogP contribution in [-0.4, -0.2) is 158 Å². The lowest BCUT2D eigenvalue weighted by molar-refractivity contribution is -0.127. The van der Waals surface area contributed by atoms with E-state index in [-0.39, 0.29) is 69.7 Å². The van der Waals surface area contributed by atoms with Crippen LogP contribution < -0.4 is 16.4 Å². The molecule has 8 heterocycles. The maximum Gasteiger partial charge on any atom is 0.320 e. The Bertz CT molecular complexity index is 3220. The van der Waals surface area contributed by atoms with Gasteiger partial charge in [0.1, 0.15) is 15.2 Å². The lowest BCUT2D eigenvalue weighted by Crippen LogP contribution is -2.46. The van der Waals surface area contributed by atoms with Crippen molar-refractivity contribution in [2.45, 2.75) is 91.4 Å². The second kappa shape index (κ2) is 24.6. The van der Waals surface area contributed by atoms with Gasteiger partial charge in [-0.3, -0.25) is 33.2 Å². The summed E-state index contributed by atoms with van der Waals surface area (Å²) in [4.78, 5) is 96.6. The van der Waals surface area contributed by atoms with Gasteiger partial charge in [0.15, 0.2) is 5.78 Å². The Balaban J connectivity index is 0.000000181. The SMILES string of the molecule is CC(C)(C)C(=O)CBr.CN(C(=O)N1CC[C@H](n2cnc3cc(-c4ccc(Cl)cc4)sc3c2=O)C1)[C@@H]1CCN(CC(=O)C(C)(C)C)C1.CN(C(=O)N1CC[C@H](n2cnc3cc(-c4ccc(Cl)cc4)sc3c2=O)C1)[C@@H]1CCNC1. The Hall–Kier alpha value is -5.02. The third-order valence-corrected chi connectivity index (χ3v) is 18.3. The summed E-state index contributed by atoms with van der Waals surface area (Å²) in [7, 11) is 3.72. The van der Waals surface area contributed by atoms with Crippen molar-refractivity contribution in [1.82, 2.24) is 48.9 Å². The summed E-state index contributed by atoms with van der Waals surface area (Å²) in [5, 5.41) is 5.12. The minimum atomic E-state index is -0.360. The number of nitrogens with one attached hydrogen (secondary N) is 1. The molecule has 412 valence electrons. The number of fused-ring (bicyclic) bond motifs is 2. The van der Waals surface area contributed by atoms with Crippen LogP contribution in [0.2, 0.25) is 10.0 Å². The molecule has 4 aliphatic rings. The molecule has 4 aromatic heterocycles. The van der Waals surface area contributed by atoms with Crippen LogP contribution >= 0.6 is 61.8 Å². The number of hydrogen-bond acceptors (Lipinski definition) is 12. The molecule has 4 fully saturated rings. The Kier molecular flexibility index (Phi) is 18.5. The van der Waals surface area contributed by atoms with E-state index in [0.29, 0.717) is 81.5 Å². The average Bonchev–Trinajstić information content (AvgIpc) is 4.35. The molecule has 2 aromatic carbocycles. The molecule has 6 aromatic rings. The lowest BCUT2D eigenvalue weighted by Gasteiger charge is -2.30. The average molecular weight is 1190 g/mol. The molecular weight excluding hydrogens is 1120 g/mol. The predicted octanol–water partition coefficient (Wildman–Crippen LogP) is 10.2. The fraction of sp³-hybridized carbons (Fsp3) is 0.500. The van der Waals surface area contributed by atoms with Gasteiger partial charge in [-0.15, -0.1) is 22.7 Å². The highest BCUT2D eigenvalue weighted by Crippen LogP contribution is 2.34. The summed E-state index contributed by atoms with van der Waals surface area (Å²) in [5.74, 6) is 0.467. The minimum absolute atomic E-state index is 0.0234. The number of likely N-dealkylation sites (tertiary alicyclic amines) is 3. The standard InChI is InChI=1S/C28H34ClN5O3S.C22H24ClN5O2S.C6H11BrO/c1-28(2,3)24(35)16-32-11-9-20(14-32)31(4)27(37)33-12-10-21(15-33)34-17-30-22-13-23(38-25(22)26(34)36)18-5-7-19(29)8-6-18;1-26(16-6-8-24-11-16)22(30)27-9-7-17(12-27)28-13-25-18-10-19(31-20(18)21(28)29)14-2-4-15(23)5-3-14;1-6(2,3)5(8)4-7/h5-8,13,17,20-21H,9-12,14-16H2,1-4H3;2-5,10,13,16-17,24H,6-9,11-12H2,1H3;4H2,1-3H3/t20-,21+;16-,17+;/m11./s1. The highest BCUT2D eigenvalue weighted by molar-refractivity contribution is 9.09. The van der Waals surface area contributed by atoms with E-state index < -0.39 is 0 Å². The second-order valence-electron chi connectivity index (χ2n) is 22.4. The van der Waals surface area contributed by atoms with E-state index in [2.05, 4.69) is 36.1 Å². The van der Waals surface area contributed by atoms with Crippen molar-refractivity contribution >= 4 is 106 Å². The van der Waals surface area contributed by atoms with Gasteiger partial charge in [-0.2, -0.15) is 0 Å². The maximum atomic E-state index is 13.4. The van der Waals surface area contributed by atoms with Gasteiger partial charge < -0.3 is 24.9 Å². The van der Waals surface area contributed by atoms with E-state index in [9.17, 15) is 28.8 Å². The molecule has 0 bridgehead atoms. The van der Waals surface area contributed by atoms with E-state index in [1.807, 2.05) is 136 Å². The number of amides is 4. The van der Waals surface area contributed by atoms with Crippen molar-refractivity contribution in [3.05, 3.63) is 104 Å². The van der Waals surface area contributed by atoms with Gasteiger partial charge in [-0.25, -0.2) is 19.6 Å². The number of urea groups is 2. The molecule has 0 unspecified atom stereocenters. The molecule has 77 heavy (non-hydrogen) atoms. The van der Waals surface area contributed by atoms with Crippen molar-refractivity contribution in [2.24, 2.45) is 10.8 Å². The number of ketones is 2. The van der Waals surface area contributed by atoms with Crippen LogP contribution in [0.3, 0.4) is 0 Å². The van der Waals surface area contributed by atoms with Gasteiger partial charge in [0, 0.05) is 103 Å². The quantitative estimate of drug-likeness (QED) is 0.138. The van der Waals surface area contributed by atoms with Gasteiger partial charge in [-0.05, 0) is 79.8 Å². The van der Waals surface area contributed by atoms with E-state index in [4.69, 9.17) is 23.2 Å². The molecule has 4 atom stereocenters. The number of nitrogens with zero attached hydrogens (tertiary/aromatic N) is 9. The second-order valence-corrected chi connectivity index (χ2v) is 26.0. The summed E-state index contributed by atoms with van der Waals surface area (Å²) in [6, 6.07) is 19.2. The molecular formula is C56H69BrCl2N10O6S2. The molecule has 16 nitrogen and oxygen atoms in total. The Labute approximate surface area is 476 Å². The molecule has 10 rings (SSSR count). The largest absolute Gasteiger partial charge is 0.323 e. The lowest BCUT2D eigenvalue weighted by atomic mass is 9.90. The third-order valence-electron chi connectivity index (χ3n) is 15.0. The van der Waals surface area contributed by atoms with Gasteiger partial charge >= 0.3 is 12.1 Å². The highest BCUT2D eigenvalue weighted by Gasteiger charge is 2.37. The number of carbonyl (C=O) groups excluding carboxylic acids is 4. The number of alkyl halides is 1. The Morgan fingerprint density at radius 1 is 0.649 bits per heavy atom. The third kappa shape index (κ3) is 13.7. The summed E-state index contributed by atoms with van der Waals surface area (Å²) in [6.07, 6.45) is 6.54. The van der Waals surface area contributed by atoms with Crippen molar-refractivity contribution in [1.29, 1.82) is 0 Å². The van der Waals surface area contributed by atoms with Crippen LogP contribution in [0.25, 0.3) is 41.3 Å². The molecule has 4 saturated heterocycles. The van der Waals surface area contributed by atoms with Gasteiger partial charge in [0.25, 0.3) is 11.1 Å². The Morgan fingerprint density at radius 2 is 1.10 bits per heavy atom. The molecule has 0 aliphatic carbocycles. The van der Waals surface area contributed by atoms with Crippen molar-refractivity contribution in [3.8, 4) is 20.9 Å². The maximum absolute atomic E-state index is 13.4. The van der Waals surface area contributed by atoms with Gasteiger partial charge in [0.2, 0.25) is 0 Å². The van der Waals surface area contributed by atoms with Crippen molar-refractivity contribution < 1.29 is 19.2 Å². The normalized spacial score (nSPS) is 19.8. The van der Waals surface area contributed by atoms with E-state index in [1.54, 1.807) is 21.8 Å². The fourth-order valence-corrected chi connectivity index (χ4v) is 13.0. The molecule has 0 spiro atoms. The molecule has 21 heteroatoms. The predicted molar refractivity (Wildman–Crippen MR) is 314 cm³/mol. The zero-order valence-electron chi connectivity index (χ0n) is 45.1. The zero-order chi connectivity index (χ0) is 55.5. The van der Waals surface area contributed by atoms with E-state index in [1.165, 1.54) is 22.7 Å². The number of rotatable bonds is 9. The first-order chi connectivity index (χ1) is 36.5. The monoisotopic (exact) mass is 1190 g/mol. The van der Waals surface area contributed by atoms with Crippen LogP contribution in [0.15, 0.2) is 82.9 Å². The number of aromatic nitrogens is 4. The first-order valence-corrected chi connectivity index (χ1v) is 29.6. The summed E-state index contributed by atoms with van der Waals surface area (Å²) in [5.41, 5.74) is 2.76. The van der Waals surface area contributed by atoms with Crippen molar-refractivity contribution in [2.75, 3.05) is 78.3 Å². The smallest absolute Gasteiger partial charge is 0.320 e. The first-order valence-electron chi connectivity index (χ1n) is 26.1. The van der Waals surface area contributed by atoms with Crippen LogP contribution in [-0.2, 0) is 9.59 Å². The first kappa shape index (κ1) is 58.1. The van der Waals surface area contributed by atoms with E-state index >= 15 is 0 Å². The Morgan fingerprint density at radius 3 is 1.51 bits per heavy atom. The summed E-state index contributed by atoms with van der Waals surface area (Å²) in [6.45, 7) is 17.6. The van der Waals surface area contributed by atoms with Crippen LogP contribution in [0.5, 0.6) is 0 Å². The zero-order valence-corrected chi connectivity index (χ0v) is 49.8. The number of likely N-dealkylation sites (N-methyl/N-ethyl adjacent to an activating group) is 2. The summed E-state index contributed by atoms with van der Waals surface area (Å²) < 4.78 is 4.66. The van der Waals surface area contributed by atoms with Gasteiger partial charge in [0.05, 0.1) is 47.6 Å². The summed E-state index contributed by atoms with van der Waals surface area (Å²) >= 11 is 18.0. The van der Waals surface area contributed by atoms with Crippen LogP contribution in [0.4, 0.5) is 9.59 Å². The number of hydrogen-bond donors (Lipinski definition) is 1. The topological polar surface area (TPSA) is 166 Å². The molecule has 0 radical (unpaired) electrons. The highest BCUT2D eigenvalue weighted by atomic mass is 79.9. The minimum Gasteiger partial charge on any atom is -0.323 e. The fourth-order valence-electron chi connectivity index (χ4n) is 9.81. The number of thiophene rings is 2.